The molecule has 1 atom stereocenters. The molecular formula is C16H21N3O3. The maximum absolute atomic E-state index is 11.7. The molecule has 0 fully saturated rings. The highest BCUT2D eigenvalue weighted by atomic mass is 16.4. The zero-order valence-electron chi connectivity index (χ0n) is 12.9. The number of imidazole rings is 1. The second-order valence-electron chi connectivity index (χ2n) is 6.31. The molecule has 6 heteroatoms. The van der Waals surface area contributed by atoms with Crippen LogP contribution in [0.4, 0.5) is 0 Å². The van der Waals surface area contributed by atoms with Crippen molar-refractivity contribution in [3.8, 4) is 0 Å². The van der Waals surface area contributed by atoms with Crippen LogP contribution >= 0.6 is 0 Å². The van der Waals surface area contributed by atoms with Crippen molar-refractivity contribution in [1.82, 2.24) is 14.5 Å². The number of hydrogen-bond acceptors (Lipinski definition) is 4. The van der Waals surface area contributed by atoms with Gasteiger partial charge in [0.15, 0.2) is 0 Å². The molecule has 6 nitrogen and oxygen atoms in total. The van der Waals surface area contributed by atoms with E-state index in [-0.39, 0.29) is 0 Å². The van der Waals surface area contributed by atoms with E-state index in [4.69, 9.17) is 4.42 Å². The summed E-state index contributed by atoms with van der Waals surface area (Å²) >= 11 is 0. The Labute approximate surface area is 129 Å². The second-order valence-corrected chi connectivity index (χ2v) is 6.31. The number of fused-ring (bicyclic) bond motifs is 1. The highest BCUT2D eigenvalue weighted by molar-refractivity contribution is 5.76. The summed E-state index contributed by atoms with van der Waals surface area (Å²) in [4.78, 5) is 18.3. The first-order valence-electron chi connectivity index (χ1n) is 7.54. The van der Waals surface area contributed by atoms with Gasteiger partial charge in [-0.1, -0.05) is 13.8 Å². The van der Waals surface area contributed by atoms with Crippen molar-refractivity contribution in [2.45, 2.75) is 39.4 Å². The van der Waals surface area contributed by atoms with E-state index >= 15 is 0 Å². The zero-order chi connectivity index (χ0) is 15.7. The number of nitrogens with zero attached hydrogens (tertiary/aromatic N) is 3. The number of furan rings is 1. The number of carbonyl (C=O) groups is 1. The quantitative estimate of drug-likeness (QED) is 0.917. The molecule has 2 aromatic rings. The lowest BCUT2D eigenvalue weighted by Gasteiger charge is -2.31. The molecule has 1 N–H and O–H groups in total. The first kappa shape index (κ1) is 14.8. The molecule has 1 aliphatic rings. The summed E-state index contributed by atoms with van der Waals surface area (Å²) in [5, 5.41) is 9.62. The van der Waals surface area contributed by atoms with Crippen molar-refractivity contribution in [1.29, 1.82) is 0 Å². The van der Waals surface area contributed by atoms with Crippen LogP contribution in [0, 0.1) is 5.92 Å². The molecule has 3 rings (SSSR count). The Hall–Kier alpha value is -2.08. The van der Waals surface area contributed by atoms with Gasteiger partial charge >= 0.3 is 5.97 Å². The molecule has 2 aromatic heterocycles. The maximum Gasteiger partial charge on any atom is 0.313 e. The van der Waals surface area contributed by atoms with E-state index in [2.05, 4.69) is 23.7 Å². The molecule has 0 saturated carbocycles. The Balaban J connectivity index is 1.86. The van der Waals surface area contributed by atoms with Gasteiger partial charge in [0, 0.05) is 31.7 Å². The largest absolute Gasteiger partial charge is 0.481 e. The third-order valence-electron chi connectivity index (χ3n) is 3.95. The highest BCUT2D eigenvalue weighted by Gasteiger charge is 2.34. The molecular weight excluding hydrogens is 282 g/mol. The Bertz CT molecular complexity index is 646. The van der Waals surface area contributed by atoms with Crippen molar-refractivity contribution >= 4 is 5.97 Å². The minimum atomic E-state index is -0.788. The summed E-state index contributed by atoms with van der Waals surface area (Å²) in [7, 11) is 0. The normalized spacial score (nSPS) is 18.6. The smallest absolute Gasteiger partial charge is 0.313 e. The van der Waals surface area contributed by atoms with Gasteiger partial charge in [-0.05, 0) is 12.0 Å². The van der Waals surface area contributed by atoms with E-state index < -0.39 is 11.9 Å². The zero-order valence-corrected chi connectivity index (χ0v) is 12.9. The highest BCUT2D eigenvalue weighted by Crippen LogP contribution is 2.29. The third-order valence-corrected chi connectivity index (χ3v) is 3.95. The Morgan fingerprint density at radius 3 is 3.00 bits per heavy atom. The summed E-state index contributed by atoms with van der Waals surface area (Å²) in [5.74, 6) is -0.864. The number of rotatable bonds is 5. The van der Waals surface area contributed by atoms with E-state index in [1.807, 2.05) is 10.6 Å². The lowest BCUT2D eigenvalue weighted by Crippen LogP contribution is -2.37. The van der Waals surface area contributed by atoms with Crippen LogP contribution in [0.1, 0.15) is 36.7 Å². The summed E-state index contributed by atoms with van der Waals surface area (Å²) in [6.45, 7) is 6.89. The summed E-state index contributed by atoms with van der Waals surface area (Å²) < 4.78 is 7.09. The van der Waals surface area contributed by atoms with Gasteiger partial charge in [-0.25, -0.2) is 4.98 Å². The van der Waals surface area contributed by atoms with Crippen molar-refractivity contribution in [2.75, 3.05) is 6.54 Å². The SMILES string of the molecule is CC(C)Cn1cnc2c1C(C(=O)O)CN(Cc1ccoc1)C2. The molecule has 118 valence electrons. The standard InChI is InChI=1S/C16H21N3O3/c1-11(2)5-19-10-17-14-8-18(6-12-3-4-22-9-12)7-13(15(14)19)16(20)21/h3-4,9-11,13H,5-8H2,1-2H3,(H,20,21). The van der Waals surface area contributed by atoms with Crippen LogP contribution in [0.5, 0.6) is 0 Å². The topological polar surface area (TPSA) is 71.5 Å². The fourth-order valence-electron chi connectivity index (χ4n) is 3.07. The summed E-state index contributed by atoms with van der Waals surface area (Å²) in [6.07, 6.45) is 5.11. The van der Waals surface area contributed by atoms with Crippen molar-refractivity contribution in [2.24, 2.45) is 5.92 Å². The number of aliphatic carboxylic acids is 1. The molecule has 22 heavy (non-hydrogen) atoms. The van der Waals surface area contributed by atoms with Crippen molar-refractivity contribution < 1.29 is 14.3 Å². The average Bonchev–Trinajstić information content (AvgIpc) is 3.08. The fourth-order valence-corrected chi connectivity index (χ4v) is 3.07. The second kappa shape index (κ2) is 5.96. The van der Waals surface area contributed by atoms with Crippen LogP contribution in [0.3, 0.4) is 0 Å². The van der Waals surface area contributed by atoms with E-state index in [1.54, 1.807) is 18.9 Å². The monoisotopic (exact) mass is 303 g/mol. The number of carboxylic acid groups (broad SMARTS) is 1. The lowest BCUT2D eigenvalue weighted by molar-refractivity contribution is -0.139. The van der Waals surface area contributed by atoms with Gasteiger partial charge in [-0.2, -0.15) is 0 Å². The van der Waals surface area contributed by atoms with Gasteiger partial charge < -0.3 is 14.1 Å². The van der Waals surface area contributed by atoms with Crippen LogP contribution in [0.2, 0.25) is 0 Å². The number of carboxylic acids is 1. The number of aromatic nitrogens is 2. The third kappa shape index (κ3) is 2.92. The molecule has 0 spiro atoms. The van der Waals surface area contributed by atoms with Gasteiger partial charge in [0.05, 0.1) is 30.2 Å². The van der Waals surface area contributed by atoms with Crippen molar-refractivity contribution in [3.63, 3.8) is 0 Å². The Kier molecular flexibility index (Phi) is 4.02. The minimum absolute atomic E-state index is 0.455. The molecule has 0 radical (unpaired) electrons. The van der Waals surface area contributed by atoms with E-state index in [1.165, 1.54) is 0 Å². The van der Waals surface area contributed by atoms with Crippen LogP contribution in [0.25, 0.3) is 0 Å². The molecule has 3 heterocycles. The fraction of sp³-hybridized carbons (Fsp3) is 0.500. The maximum atomic E-state index is 11.7. The molecule has 0 bridgehead atoms. The molecule has 0 aliphatic carbocycles. The van der Waals surface area contributed by atoms with Gasteiger partial charge in [0.1, 0.15) is 5.92 Å². The molecule has 1 aliphatic heterocycles. The predicted molar refractivity (Wildman–Crippen MR) is 80.3 cm³/mol. The van der Waals surface area contributed by atoms with Crippen LogP contribution < -0.4 is 0 Å². The molecule has 1 unspecified atom stereocenters. The Morgan fingerprint density at radius 2 is 2.36 bits per heavy atom. The minimum Gasteiger partial charge on any atom is -0.481 e. The summed E-state index contributed by atoms with van der Waals surface area (Å²) in [5.41, 5.74) is 2.79. The van der Waals surface area contributed by atoms with Gasteiger partial charge in [-0.3, -0.25) is 9.69 Å². The average molecular weight is 303 g/mol. The van der Waals surface area contributed by atoms with Gasteiger partial charge in [-0.15, -0.1) is 0 Å². The molecule has 0 aromatic carbocycles. The van der Waals surface area contributed by atoms with E-state index in [0.29, 0.717) is 25.6 Å². The Morgan fingerprint density at radius 1 is 1.55 bits per heavy atom. The summed E-state index contributed by atoms with van der Waals surface area (Å²) in [6, 6.07) is 1.91. The van der Waals surface area contributed by atoms with Crippen LogP contribution in [0.15, 0.2) is 29.3 Å². The number of hydrogen-bond donors (Lipinski definition) is 1. The lowest BCUT2D eigenvalue weighted by atomic mass is 9.97. The van der Waals surface area contributed by atoms with Gasteiger partial charge in [0.2, 0.25) is 0 Å². The van der Waals surface area contributed by atoms with Crippen LogP contribution in [-0.2, 0) is 24.4 Å². The first-order chi connectivity index (χ1) is 10.5. The van der Waals surface area contributed by atoms with E-state index in [9.17, 15) is 9.90 Å². The van der Waals surface area contributed by atoms with Crippen LogP contribution in [-0.4, -0.2) is 32.1 Å². The van der Waals surface area contributed by atoms with E-state index in [0.717, 1.165) is 23.5 Å². The van der Waals surface area contributed by atoms with Crippen molar-refractivity contribution in [3.05, 3.63) is 41.9 Å². The molecule has 0 saturated heterocycles. The molecule has 0 amide bonds. The predicted octanol–water partition coefficient (Wildman–Crippen LogP) is 2.32. The first-order valence-corrected chi connectivity index (χ1v) is 7.54. The van der Waals surface area contributed by atoms with Gasteiger partial charge in [0.25, 0.3) is 0 Å².